The molecular weight excluding hydrogens is 352 g/mol. The molecule has 3 rings (SSSR count). The van der Waals surface area contributed by atoms with E-state index in [1.54, 1.807) is 6.07 Å². The van der Waals surface area contributed by atoms with Crippen LogP contribution in [0.2, 0.25) is 0 Å². The lowest BCUT2D eigenvalue weighted by atomic mass is 10.2. The first-order chi connectivity index (χ1) is 12.4. The zero-order valence-corrected chi connectivity index (χ0v) is 13.2. The number of nitrogens with zero attached hydrogens (tertiary/aromatic N) is 3. The van der Waals surface area contributed by atoms with E-state index >= 15 is 0 Å². The van der Waals surface area contributed by atoms with Gasteiger partial charge in [-0.1, -0.05) is 18.2 Å². The van der Waals surface area contributed by atoms with Crippen molar-refractivity contribution in [1.29, 1.82) is 0 Å². The summed E-state index contributed by atoms with van der Waals surface area (Å²) < 4.78 is 53.5. The topological polar surface area (TPSA) is 59.3 Å². The summed E-state index contributed by atoms with van der Waals surface area (Å²) in [6, 6.07) is 8.05. The summed E-state index contributed by atoms with van der Waals surface area (Å²) in [7, 11) is 0. The highest BCUT2D eigenvalue weighted by Gasteiger charge is 2.34. The van der Waals surface area contributed by atoms with Crippen LogP contribution in [0.15, 0.2) is 48.7 Å². The number of fused-ring (bicyclic) bond motifs is 1. The lowest BCUT2D eigenvalue weighted by Crippen LogP contribution is -2.21. The van der Waals surface area contributed by atoms with Gasteiger partial charge in [-0.15, -0.1) is 10.2 Å². The number of hydrogen-bond donors (Lipinski definition) is 1. The Morgan fingerprint density at radius 3 is 2.65 bits per heavy atom. The summed E-state index contributed by atoms with van der Waals surface area (Å²) in [6.45, 7) is -0.136. The monoisotopic (exact) mass is 364 g/mol. The lowest BCUT2D eigenvalue weighted by molar-refractivity contribution is -0.136. The Morgan fingerprint density at radius 1 is 1.15 bits per heavy atom. The molecular formula is C17H12F4N4O. The van der Waals surface area contributed by atoms with Crippen LogP contribution < -0.4 is 5.32 Å². The Labute approximate surface area is 145 Å². The zero-order valence-electron chi connectivity index (χ0n) is 13.2. The maximum absolute atomic E-state index is 13.5. The van der Waals surface area contributed by atoms with Crippen molar-refractivity contribution in [1.82, 2.24) is 19.9 Å². The Bertz CT molecular complexity index is 978. The molecule has 134 valence electrons. The van der Waals surface area contributed by atoms with E-state index < -0.39 is 23.5 Å². The minimum Gasteiger partial charge on any atom is -0.345 e. The molecule has 0 radical (unpaired) electrons. The van der Waals surface area contributed by atoms with Gasteiger partial charge >= 0.3 is 6.18 Å². The van der Waals surface area contributed by atoms with Crippen LogP contribution in [0.4, 0.5) is 17.6 Å². The molecule has 2 aromatic heterocycles. The smallest absolute Gasteiger partial charge is 0.345 e. The summed E-state index contributed by atoms with van der Waals surface area (Å²) in [5.74, 6) is -0.879. The summed E-state index contributed by atoms with van der Waals surface area (Å²) in [6.07, 6.45) is -0.753. The van der Waals surface area contributed by atoms with Gasteiger partial charge in [0, 0.05) is 17.8 Å². The lowest BCUT2D eigenvalue weighted by Gasteiger charge is -2.07. The number of alkyl halides is 3. The molecule has 9 heteroatoms. The van der Waals surface area contributed by atoms with Crippen molar-refractivity contribution < 1.29 is 22.4 Å². The molecule has 0 saturated heterocycles. The van der Waals surface area contributed by atoms with Crippen molar-refractivity contribution in [2.24, 2.45) is 0 Å². The van der Waals surface area contributed by atoms with E-state index in [9.17, 15) is 22.4 Å². The maximum atomic E-state index is 13.5. The van der Waals surface area contributed by atoms with Gasteiger partial charge in [0.15, 0.2) is 11.5 Å². The van der Waals surface area contributed by atoms with Crippen molar-refractivity contribution in [2.75, 3.05) is 0 Å². The molecule has 0 unspecified atom stereocenters. The van der Waals surface area contributed by atoms with Crippen molar-refractivity contribution in [3.8, 4) is 0 Å². The summed E-state index contributed by atoms with van der Waals surface area (Å²) in [5, 5.41) is 9.70. The number of pyridine rings is 1. The van der Waals surface area contributed by atoms with Crippen LogP contribution in [-0.2, 0) is 17.5 Å². The minimum atomic E-state index is -4.56. The van der Waals surface area contributed by atoms with E-state index in [0.717, 1.165) is 16.5 Å². The first-order valence-electron chi connectivity index (χ1n) is 7.46. The Hall–Kier alpha value is -3.23. The molecule has 3 aromatic rings. The molecule has 0 saturated carbocycles. The fraction of sp³-hybridized carbons (Fsp3) is 0.118. The highest BCUT2D eigenvalue weighted by atomic mass is 19.4. The standard InChI is InChI=1S/C17H12F4N4O/c18-13-6-2-1-4-11(13)7-8-15(26)22-10-14-23-24-16-12(17(19,20)21)5-3-9-25(14)16/h1-9H,10H2,(H,22,26)/b8-7-. The highest BCUT2D eigenvalue weighted by molar-refractivity contribution is 5.91. The number of benzene rings is 1. The molecule has 26 heavy (non-hydrogen) atoms. The predicted molar refractivity (Wildman–Crippen MR) is 85.3 cm³/mol. The van der Waals surface area contributed by atoms with Crippen LogP contribution in [0.25, 0.3) is 11.7 Å². The predicted octanol–water partition coefficient (Wildman–Crippen LogP) is 3.22. The molecule has 2 heterocycles. The van der Waals surface area contributed by atoms with Crippen LogP contribution in [-0.4, -0.2) is 20.5 Å². The van der Waals surface area contributed by atoms with E-state index in [-0.39, 0.29) is 23.6 Å². The van der Waals surface area contributed by atoms with Crippen LogP contribution in [0.5, 0.6) is 0 Å². The van der Waals surface area contributed by atoms with Gasteiger partial charge < -0.3 is 5.32 Å². The number of nitrogens with one attached hydrogen (secondary N) is 1. The molecule has 0 spiro atoms. The molecule has 0 fully saturated rings. The van der Waals surface area contributed by atoms with Gasteiger partial charge in [0.1, 0.15) is 11.4 Å². The number of aromatic nitrogens is 3. The summed E-state index contributed by atoms with van der Waals surface area (Å²) in [5.41, 5.74) is -1.01. The van der Waals surface area contributed by atoms with Gasteiger partial charge in [-0.3, -0.25) is 9.20 Å². The maximum Gasteiger partial charge on any atom is 0.420 e. The number of halogens is 4. The highest BCUT2D eigenvalue weighted by Crippen LogP contribution is 2.31. The van der Waals surface area contributed by atoms with Gasteiger partial charge in [-0.25, -0.2) is 4.39 Å². The van der Waals surface area contributed by atoms with Crippen molar-refractivity contribution in [3.63, 3.8) is 0 Å². The van der Waals surface area contributed by atoms with E-state index in [1.807, 2.05) is 0 Å². The number of rotatable bonds is 4. The molecule has 0 aliphatic rings. The molecule has 0 bridgehead atoms. The van der Waals surface area contributed by atoms with E-state index in [2.05, 4.69) is 15.5 Å². The fourth-order valence-electron chi connectivity index (χ4n) is 2.31. The van der Waals surface area contributed by atoms with Crippen LogP contribution in [0, 0.1) is 5.82 Å². The van der Waals surface area contributed by atoms with Gasteiger partial charge in [0.2, 0.25) is 5.91 Å². The number of hydrogen-bond acceptors (Lipinski definition) is 3. The first kappa shape index (κ1) is 17.6. The Kier molecular flexibility index (Phi) is 4.70. The van der Waals surface area contributed by atoms with Crippen molar-refractivity contribution in [2.45, 2.75) is 12.7 Å². The molecule has 1 amide bonds. The van der Waals surface area contributed by atoms with Crippen LogP contribution >= 0.6 is 0 Å². The zero-order chi connectivity index (χ0) is 18.7. The van der Waals surface area contributed by atoms with Crippen molar-refractivity contribution >= 4 is 17.6 Å². The van der Waals surface area contributed by atoms with E-state index in [4.69, 9.17) is 0 Å². The molecule has 5 nitrogen and oxygen atoms in total. The molecule has 0 aliphatic carbocycles. The largest absolute Gasteiger partial charge is 0.420 e. The fourth-order valence-corrected chi connectivity index (χ4v) is 2.31. The van der Waals surface area contributed by atoms with E-state index in [0.29, 0.717) is 0 Å². The molecule has 1 N–H and O–H groups in total. The van der Waals surface area contributed by atoms with Gasteiger partial charge in [-0.05, 0) is 24.3 Å². The van der Waals surface area contributed by atoms with Gasteiger partial charge in [-0.2, -0.15) is 13.2 Å². The van der Waals surface area contributed by atoms with E-state index in [1.165, 1.54) is 36.5 Å². The normalized spacial score (nSPS) is 12.0. The quantitative estimate of drug-likeness (QED) is 0.571. The summed E-state index contributed by atoms with van der Waals surface area (Å²) >= 11 is 0. The minimum absolute atomic E-state index is 0.136. The Balaban J connectivity index is 1.72. The van der Waals surface area contributed by atoms with Crippen molar-refractivity contribution in [3.05, 3.63) is 71.4 Å². The first-order valence-corrected chi connectivity index (χ1v) is 7.46. The average Bonchev–Trinajstić information content (AvgIpc) is 3.01. The second-order valence-electron chi connectivity index (χ2n) is 5.30. The third-order valence-corrected chi connectivity index (χ3v) is 3.55. The summed E-state index contributed by atoms with van der Waals surface area (Å²) in [4.78, 5) is 11.8. The number of amides is 1. The number of carbonyl (C=O) groups is 1. The Morgan fingerprint density at radius 2 is 1.92 bits per heavy atom. The van der Waals surface area contributed by atoms with Crippen LogP contribution in [0.1, 0.15) is 17.0 Å². The molecule has 0 aliphatic heterocycles. The second-order valence-corrected chi connectivity index (χ2v) is 5.30. The number of carbonyl (C=O) groups excluding carboxylic acids is 1. The third kappa shape index (κ3) is 3.71. The molecule has 0 atom stereocenters. The van der Waals surface area contributed by atoms with Gasteiger partial charge in [0.25, 0.3) is 0 Å². The average molecular weight is 364 g/mol. The van der Waals surface area contributed by atoms with Gasteiger partial charge in [0.05, 0.1) is 6.54 Å². The molecule has 1 aromatic carbocycles. The third-order valence-electron chi connectivity index (χ3n) is 3.55. The van der Waals surface area contributed by atoms with Crippen LogP contribution in [0.3, 0.4) is 0 Å². The SMILES string of the molecule is O=C(/C=C\c1ccccc1F)NCc1nnc2c(C(F)(F)F)cccn12. The second kappa shape index (κ2) is 6.95.